The van der Waals surface area contributed by atoms with Crippen LogP contribution < -0.4 is 0 Å². The Labute approximate surface area is 439 Å². The van der Waals surface area contributed by atoms with Gasteiger partial charge in [-0.25, -0.2) is 0 Å². The summed E-state index contributed by atoms with van der Waals surface area (Å²) >= 11 is 0. The molecule has 0 amide bonds. The Morgan fingerprint density at radius 3 is 0.915 bits per heavy atom. The molecule has 1 unspecified atom stereocenters. The molecule has 0 saturated heterocycles. The standard InChI is InChI=1S/C65H112O6/c1-4-7-10-13-16-19-22-24-26-28-29-30-31-32-33-34-35-37-38-40-43-46-49-52-55-58-64(67)70-61-62(60-69-63(66)57-54-51-48-45-42-21-18-15-12-9-6-3)71-65(68)59-56-53-50-47-44-41-39-36-27-25-23-20-17-14-11-8-5-2/h7,10,15-16,18-19,24,26,29-30,32-33,35,37,62H,4-6,8-9,11-14,17,20-23,25,27-28,31,34,36,38-61H2,1-3H3/b10-7-,18-15-,19-16-,26-24-,30-29-,33-32-,37-35-. The van der Waals surface area contributed by atoms with Gasteiger partial charge in [-0.05, 0) is 89.9 Å². The number of allylic oxidation sites excluding steroid dienone is 14. The van der Waals surface area contributed by atoms with Crippen molar-refractivity contribution >= 4 is 17.9 Å². The van der Waals surface area contributed by atoms with Crippen LogP contribution in [-0.2, 0) is 28.6 Å². The van der Waals surface area contributed by atoms with Gasteiger partial charge in [0.15, 0.2) is 6.10 Å². The first-order chi connectivity index (χ1) is 35.0. The van der Waals surface area contributed by atoms with Crippen molar-refractivity contribution in [3.8, 4) is 0 Å². The van der Waals surface area contributed by atoms with E-state index >= 15 is 0 Å². The van der Waals surface area contributed by atoms with E-state index < -0.39 is 6.10 Å². The van der Waals surface area contributed by atoms with Crippen LogP contribution in [0.25, 0.3) is 0 Å². The van der Waals surface area contributed by atoms with Crippen molar-refractivity contribution in [3.63, 3.8) is 0 Å². The minimum absolute atomic E-state index is 0.0835. The molecule has 0 aromatic rings. The normalized spacial score (nSPS) is 12.7. The fourth-order valence-electron chi connectivity index (χ4n) is 8.37. The molecule has 0 bridgehead atoms. The first-order valence-electron chi connectivity index (χ1n) is 30.1. The van der Waals surface area contributed by atoms with Crippen LogP contribution in [0, 0.1) is 0 Å². The highest BCUT2D eigenvalue weighted by Crippen LogP contribution is 2.16. The first-order valence-corrected chi connectivity index (χ1v) is 30.1. The van der Waals surface area contributed by atoms with Gasteiger partial charge in [-0.2, -0.15) is 0 Å². The molecule has 0 heterocycles. The quantitative estimate of drug-likeness (QED) is 0.0261. The lowest BCUT2D eigenvalue weighted by atomic mass is 10.0. The number of hydrogen-bond donors (Lipinski definition) is 0. The molecule has 6 heteroatoms. The summed E-state index contributed by atoms with van der Waals surface area (Å²) in [6.07, 6.45) is 77.2. The van der Waals surface area contributed by atoms with Gasteiger partial charge in [0, 0.05) is 19.3 Å². The summed E-state index contributed by atoms with van der Waals surface area (Å²) in [5, 5.41) is 0. The first kappa shape index (κ1) is 67.6. The topological polar surface area (TPSA) is 78.9 Å². The summed E-state index contributed by atoms with van der Waals surface area (Å²) in [4.78, 5) is 38.2. The molecule has 71 heavy (non-hydrogen) atoms. The maximum atomic E-state index is 12.9. The highest BCUT2D eigenvalue weighted by molar-refractivity contribution is 5.71. The molecule has 6 nitrogen and oxygen atoms in total. The van der Waals surface area contributed by atoms with E-state index in [9.17, 15) is 14.4 Å². The van der Waals surface area contributed by atoms with Crippen LogP contribution >= 0.6 is 0 Å². The number of carbonyl (C=O) groups excluding carboxylic acids is 3. The van der Waals surface area contributed by atoms with E-state index in [0.29, 0.717) is 19.3 Å². The zero-order chi connectivity index (χ0) is 51.4. The maximum Gasteiger partial charge on any atom is 0.306 e. The van der Waals surface area contributed by atoms with Crippen molar-refractivity contribution in [2.24, 2.45) is 0 Å². The molecular formula is C65H112O6. The van der Waals surface area contributed by atoms with Crippen molar-refractivity contribution in [1.82, 2.24) is 0 Å². The van der Waals surface area contributed by atoms with Gasteiger partial charge in [0.1, 0.15) is 13.2 Å². The third-order valence-corrected chi connectivity index (χ3v) is 12.9. The molecule has 408 valence electrons. The van der Waals surface area contributed by atoms with Gasteiger partial charge in [0.2, 0.25) is 0 Å². The van der Waals surface area contributed by atoms with Crippen molar-refractivity contribution in [1.29, 1.82) is 0 Å². The number of rotatable bonds is 54. The molecule has 0 fully saturated rings. The molecule has 0 spiro atoms. The van der Waals surface area contributed by atoms with Crippen molar-refractivity contribution < 1.29 is 28.6 Å². The molecule has 0 rings (SSSR count). The Morgan fingerprint density at radius 1 is 0.296 bits per heavy atom. The molecule has 0 aliphatic carbocycles. The van der Waals surface area contributed by atoms with E-state index in [-0.39, 0.29) is 31.1 Å². The summed E-state index contributed by atoms with van der Waals surface area (Å²) in [5.41, 5.74) is 0. The van der Waals surface area contributed by atoms with Gasteiger partial charge in [-0.15, -0.1) is 0 Å². The zero-order valence-electron chi connectivity index (χ0n) is 46.7. The second-order valence-electron chi connectivity index (χ2n) is 19.9. The fraction of sp³-hybridized carbons (Fsp3) is 0.738. The van der Waals surface area contributed by atoms with Gasteiger partial charge >= 0.3 is 17.9 Å². The lowest BCUT2D eigenvalue weighted by Gasteiger charge is -2.18. The zero-order valence-corrected chi connectivity index (χ0v) is 46.7. The number of hydrogen-bond acceptors (Lipinski definition) is 6. The SMILES string of the molecule is CC/C=C\C/C=C\C/C=C\C/C=C\C/C=C\C/C=C\CCCCCCCCC(=O)OCC(COC(=O)CCCCCCC/C=C\CCCC)OC(=O)CCCCCCCCCCCCCCCCCCC. The molecule has 0 aromatic carbocycles. The molecular weight excluding hydrogens is 877 g/mol. The second kappa shape index (κ2) is 59.2. The van der Waals surface area contributed by atoms with Crippen molar-refractivity contribution in [3.05, 3.63) is 85.1 Å². The number of esters is 3. The van der Waals surface area contributed by atoms with E-state index in [0.717, 1.165) is 116 Å². The van der Waals surface area contributed by atoms with Gasteiger partial charge < -0.3 is 14.2 Å². The fourth-order valence-corrected chi connectivity index (χ4v) is 8.37. The molecule has 0 radical (unpaired) electrons. The van der Waals surface area contributed by atoms with Crippen molar-refractivity contribution in [2.75, 3.05) is 13.2 Å². The highest BCUT2D eigenvalue weighted by Gasteiger charge is 2.19. The van der Waals surface area contributed by atoms with E-state index in [1.807, 2.05) is 0 Å². The van der Waals surface area contributed by atoms with E-state index in [4.69, 9.17) is 14.2 Å². The minimum atomic E-state index is -0.785. The van der Waals surface area contributed by atoms with Crippen LogP contribution in [-0.4, -0.2) is 37.2 Å². The lowest BCUT2D eigenvalue weighted by Crippen LogP contribution is -2.30. The monoisotopic (exact) mass is 989 g/mol. The average Bonchev–Trinajstić information content (AvgIpc) is 3.37. The Kier molecular flexibility index (Phi) is 56.3. The number of unbranched alkanes of at least 4 members (excludes halogenated alkanes) is 29. The molecule has 0 saturated carbocycles. The van der Waals surface area contributed by atoms with Crippen LogP contribution in [0.15, 0.2) is 85.1 Å². The highest BCUT2D eigenvalue weighted by atomic mass is 16.6. The molecule has 0 aromatic heterocycles. The number of ether oxygens (including phenoxy) is 3. The van der Waals surface area contributed by atoms with Gasteiger partial charge in [-0.1, -0.05) is 266 Å². The maximum absolute atomic E-state index is 12.9. The van der Waals surface area contributed by atoms with Crippen LogP contribution in [0.2, 0.25) is 0 Å². The lowest BCUT2D eigenvalue weighted by molar-refractivity contribution is -0.167. The average molecular weight is 990 g/mol. The minimum Gasteiger partial charge on any atom is -0.462 e. The van der Waals surface area contributed by atoms with Crippen LogP contribution in [0.3, 0.4) is 0 Å². The van der Waals surface area contributed by atoms with Crippen LogP contribution in [0.5, 0.6) is 0 Å². The van der Waals surface area contributed by atoms with E-state index in [1.54, 1.807) is 0 Å². The summed E-state index contributed by atoms with van der Waals surface area (Å²) in [6, 6.07) is 0. The summed E-state index contributed by atoms with van der Waals surface area (Å²) in [6.45, 7) is 6.49. The third kappa shape index (κ3) is 57.4. The molecule has 0 aliphatic heterocycles. The molecule has 0 aliphatic rings. The molecule has 0 N–H and O–H groups in total. The van der Waals surface area contributed by atoms with E-state index in [2.05, 4.69) is 106 Å². The van der Waals surface area contributed by atoms with Gasteiger partial charge in [0.05, 0.1) is 0 Å². The van der Waals surface area contributed by atoms with Gasteiger partial charge in [0.25, 0.3) is 0 Å². The molecule has 1 atom stereocenters. The predicted molar refractivity (Wildman–Crippen MR) is 307 cm³/mol. The Balaban J connectivity index is 4.32. The summed E-state index contributed by atoms with van der Waals surface area (Å²) < 4.78 is 16.9. The third-order valence-electron chi connectivity index (χ3n) is 12.9. The predicted octanol–water partition coefficient (Wildman–Crippen LogP) is 20.3. The second-order valence-corrected chi connectivity index (χ2v) is 19.9. The summed E-state index contributed by atoms with van der Waals surface area (Å²) in [7, 11) is 0. The van der Waals surface area contributed by atoms with Gasteiger partial charge in [-0.3, -0.25) is 14.4 Å². The Morgan fingerprint density at radius 2 is 0.563 bits per heavy atom. The largest absolute Gasteiger partial charge is 0.462 e. The van der Waals surface area contributed by atoms with Crippen molar-refractivity contribution in [2.45, 2.75) is 297 Å². The van der Waals surface area contributed by atoms with E-state index in [1.165, 1.54) is 135 Å². The number of carbonyl (C=O) groups is 3. The Hall–Kier alpha value is -3.41. The summed E-state index contributed by atoms with van der Waals surface area (Å²) in [5.74, 6) is -0.898. The van der Waals surface area contributed by atoms with Crippen LogP contribution in [0.1, 0.15) is 290 Å². The Bertz CT molecular complexity index is 1370. The smallest absolute Gasteiger partial charge is 0.306 e. The van der Waals surface area contributed by atoms with Crippen LogP contribution in [0.4, 0.5) is 0 Å².